The van der Waals surface area contributed by atoms with Crippen LogP contribution in [0.2, 0.25) is 0 Å². The second-order valence-corrected chi connectivity index (χ2v) is 3.05. The number of hydrogen-bond donors (Lipinski definition) is 1. The van der Waals surface area contributed by atoms with Crippen LogP contribution in [0.1, 0.15) is 28.8 Å². The molecule has 0 aliphatic heterocycles. The van der Waals surface area contributed by atoms with Crippen molar-refractivity contribution in [2.75, 3.05) is 0 Å². The fraction of sp³-hybridized carbons (Fsp3) is 0.429. The zero-order valence-electron chi connectivity index (χ0n) is 6.33. The van der Waals surface area contributed by atoms with Crippen molar-refractivity contribution in [3.05, 3.63) is 16.1 Å². The highest BCUT2D eigenvalue weighted by atomic mass is 32.1. The Labute approximate surface area is 69.3 Å². The maximum Gasteiger partial charge on any atom is 0.181 e. The Bertz CT molecular complexity index is 257. The van der Waals surface area contributed by atoms with Crippen LogP contribution >= 0.6 is 11.3 Å². The minimum atomic E-state index is 0.0842. The van der Waals surface area contributed by atoms with Gasteiger partial charge < -0.3 is 5.73 Å². The Morgan fingerprint density at radius 2 is 2.55 bits per heavy atom. The molecule has 2 N–H and O–H groups in total. The summed E-state index contributed by atoms with van der Waals surface area (Å²) in [6.45, 7) is 2.24. The summed E-state index contributed by atoms with van der Waals surface area (Å²) in [7, 11) is 0. The summed E-state index contributed by atoms with van der Waals surface area (Å²) < 4.78 is 0. The van der Waals surface area contributed by atoms with Crippen molar-refractivity contribution < 1.29 is 4.79 Å². The van der Waals surface area contributed by atoms with Gasteiger partial charge >= 0.3 is 0 Å². The molecule has 0 saturated heterocycles. The molecule has 0 aliphatic carbocycles. The molecule has 1 aromatic heterocycles. The SMILES string of the molecule is CCC(=O)c1csc(CN)n1. The highest BCUT2D eigenvalue weighted by molar-refractivity contribution is 7.09. The number of aromatic nitrogens is 1. The standard InChI is InChI=1S/C7H10N2OS/c1-2-6(10)5-4-11-7(3-8)9-5/h4H,2-3,8H2,1H3. The summed E-state index contributed by atoms with van der Waals surface area (Å²) in [6, 6.07) is 0. The van der Waals surface area contributed by atoms with E-state index in [1.54, 1.807) is 5.38 Å². The van der Waals surface area contributed by atoms with Gasteiger partial charge in [-0.3, -0.25) is 4.79 Å². The van der Waals surface area contributed by atoms with Gasteiger partial charge in [-0.05, 0) is 0 Å². The molecule has 0 aromatic carbocycles. The van der Waals surface area contributed by atoms with Gasteiger partial charge in [0.1, 0.15) is 10.7 Å². The van der Waals surface area contributed by atoms with Crippen LogP contribution < -0.4 is 5.73 Å². The fourth-order valence-corrected chi connectivity index (χ4v) is 1.39. The molecule has 0 amide bonds. The molecule has 4 heteroatoms. The maximum atomic E-state index is 11.0. The van der Waals surface area contributed by atoms with Gasteiger partial charge in [0.05, 0.1) is 0 Å². The van der Waals surface area contributed by atoms with Crippen molar-refractivity contribution in [1.82, 2.24) is 4.98 Å². The zero-order chi connectivity index (χ0) is 8.27. The van der Waals surface area contributed by atoms with Crippen LogP contribution in [0.4, 0.5) is 0 Å². The molecule has 0 spiro atoms. The van der Waals surface area contributed by atoms with E-state index in [1.165, 1.54) is 11.3 Å². The number of rotatable bonds is 3. The molecule has 11 heavy (non-hydrogen) atoms. The fourth-order valence-electron chi connectivity index (χ4n) is 0.714. The quantitative estimate of drug-likeness (QED) is 0.693. The van der Waals surface area contributed by atoms with Gasteiger partial charge in [0, 0.05) is 18.3 Å². The van der Waals surface area contributed by atoms with Crippen molar-refractivity contribution in [3.63, 3.8) is 0 Å². The molecule has 3 nitrogen and oxygen atoms in total. The van der Waals surface area contributed by atoms with Gasteiger partial charge in [0.15, 0.2) is 5.78 Å². The first-order chi connectivity index (χ1) is 5.27. The van der Waals surface area contributed by atoms with Crippen LogP contribution in [0.5, 0.6) is 0 Å². The van der Waals surface area contributed by atoms with E-state index in [9.17, 15) is 4.79 Å². The number of thiazole rings is 1. The molecule has 60 valence electrons. The van der Waals surface area contributed by atoms with Crippen LogP contribution in [-0.4, -0.2) is 10.8 Å². The zero-order valence-corrected chi connectivity index (χ0v) is 7.15. The van der Waals surface area contributed by atoms with Crippen LogP contribution in [0.25, 0.3) is 0 Å². The normalized spacial score (nSPS) is 10.0. The van der Waals surface area contributed by atoms with Gasteiger partial charge in [-0.2, -0.15) is 0 Å². The van der Waals surface area contributed by atoms with Crippen molar-refractivity contribution in [2.45, 2.75) is 19.9 Å². The highest BCUT2D eigenvalue weighted by Gasteiger charge is 2.06. The Kier molecular flexibility index (Phi) is 2.73. The molecule has 0 bridgehead atoms. The molecule has 0 atom stereocenters. The van der Waals surface area contributed by atoms with E-state index in [1.807, 2.05) is 6.92 Å². The predicted octanol–water partition coefficient (Wildman–Crippen LogP) is 1.19. The summed E-state index contributed by atoms with van der Waals surface area (Å²) >= 11 is 1.44. The molecule has 0 aliphatic rings. The molecule has 1 aromatic rings. The lowest BCUT2D eigenvalue weighted by Gasteiger charge is -1.87. The lowest BCUT2D eigenvalue weighted by atomic mass is 10.2. The minimum Gasteiger partial charge on any atom is -0.325 e. The third-order valence-electron chi connectivity index (χ3n) is 1.33. The van der Waals surface area contributed by atoms with Gasteiger partial charge in [-0.15, -0.1) is 11.3 Å². The van der Waals surface area contributed by atoms with Gasteiger partial charge in [0.2, 0.25) is 0 Å². The van der Waals surface area contributed by atoms with E-state index in [-0.39, 0.29) is 5.78 Å². The minimum absolute atomic E-state index is 0.0842. The topological polar surface area (TPSA) is 56.0 Å². The molecular formula is C7H10N2OS. The molecule has 0 fully saturated rings. The van der Waals surface area contributed by atoms with Crippen molar-refractivity contribution in [3.8, 4) is 0 Å². The lowest BCUT2D eigenvalue weighted by Crippen LogP contribution is -1.99. The average Bonchev–Trinajstić information content (AvgIpc) is 2.50. The summed E-state index contributed by atoms with van der Waals surface area (Å²) in [5.74, 6) is 0.0842. The first-order valence-electron chi connectivity index (χ1n) is 3.45. The smallest absolute Gasteiger partial charge is 0.181 e. The Morgan fingerprint density at radius 3 is 3.00 bits per heavy atom. The number of carbonyl (C=O) groups is 1. The van der Waals surface area contributed by atoms with Crippen LogP contribution in [0, 0.1) is 0 Å². The number of carbonyl (C=O) groups excluding carboxylic acids is 1. The van der Waals surface area contributed by atoms with E-state index < -0.39 is 0 Å². The summed E-state index contributed by atoms with van der Waals surface area (Å²) in [5, 5.41) is 2.58. The van der Waals surface area contributed by atoms with Crippen molar-refractivity contribution in [1.29, 1.82) is 0 Å². The number of nitrogens with two attached hydrogens (primary N) is 1. The molecule has 1 heterocycles. The molecule has 0 radical (unpaired) electrons. The predicted molar refractivity (Wildman–Crippen MR) is 44.6 cm³/mol. The Hall–Kier alpha value is -0.740. The lowest BCUT2D eigenvalue weighted by molar-refractivity contribution is 0.0984. The summed E-state index contributed by atoms with van der Waals surface area (Å²) in [5.41, 5.74) is 5.90. The largest absolute Gasteiger partial charge is 0.325 e. The number of Topliss-reactive ketones (excluding diaryl/α,β-unsaturated/α-hetero) is 1. The van der Waals surface area contributed by atoms with Crippen molar-refractivity contribution in [2.24, 2.45) is 5.73 Å². The van der Waals surface area contributed by atoms with Gasteiger partial charge in [-0.25, -0.2) is 4.98 Å². The number of ketones is 1. The highest BCUT2D eigenvalue weighted by Crippen LogP contribution is 2.10. The monoisotopic (exact) mass is 170 g/mol. The van der Waals surface area contributed by atoms with Gasteiger partial charge in [-0.1, -0.05) is 6.92 Å². The Balaban J connectivity index is 2.80. The van der Waals surface area contributed by atoms with E-state index in [0.717, 1.165) is 5.01 Å². The van der Waals surface area contributed by atoms with Crippen LogP contribution in [-0.2, 0) is 6.54 Å². The third kappa shape index (κ3) is 1.85. The van der Waals surface area contributed by atoms with E-state index in [4.69, 9.17) is 5.73 Å². The summed E-state index contributed by atoms with van der Waals surface area (Å²) in [4.78, 5) is 15.1. The first kappa shape index (κ1) is 8.36. The van der Waals surface area contributed by atoms with E-state index in [2.05, 4.69) is 4.98 Å². The first-order valence-corrected chi connectivity index (χ1v) is 4.33. The number of nitrogens with zero attached hydrogens (tertiary/aromatic N) is 1. The van der Waals surface area contributed by atoms with E-state index >= 15 is 0 Å². The second kappa shape index (κ2) is 3.59. The van der Waals surface area contributed by atoms with Crippen LogP contribution in [0.3, 0.4) is 0 Å². The van der Waals surface area contributed by atoms with E-state index in [0.29, 0.717) is 18.7 Å². The Morgan fingerprint density at radius 1 is 1.82 bits per heavy atom. The molecular weight excluding hydrogens is 160 g/mol. The molecule has 0 unspecified atom stereocenters. The van der Waals surface area contributed by atoms with Gasteiger partial charge in [0.25, 0.3) is 0 Å². The van der Waals surface area contributed by atoms with Crippen LogP contribution in [0.15, 0.2) is 5.38 Å². The van der Waals surface area contributed by atoms with Crippen molar-refractivity contribution >= 4 is 17.1 Å². The number of hydrogen-bond acceptors (Lipinski definition) is 4. The second-order valence-electron chi connectivity index (χ2n) is 2.11. The average molecular weight is 170 g/mol. The molecule has 0 saturated carbocycles. The third-order valence-corrected chi connectivity index (χ3v) is 2.20. The summed E-state index contributed by atoms with van der Waals surface area (Å²) in [6.07, 6.45) is 0.508. The maximum absolute atomic E-state index is 11.0. The molecule has 1 rings (SSSR count).